The second-order valence-corrected chi connectivity index (χ2v) is 9.52. The number of carbonyl (C=O) groups is 2. The monoisotopic (exact) mass is 395 g/mol. The van der Waals surface area contributed by atoms with Crippen LogP contribution >= 0.6 is 11.8 Å². The fourth-order valence-corrected chi connectivity index (χ4v) is 6.06. The Labute approximate surface area is 169 Å². The summed E-state index contributed by atoms with van der Waals surface area (Å²) in [5, 5.41) is 3.76. The molecule has 2 aliphatic carbocycles. The number of thioether (sulfide) groups is 1. The molecule has 2 heterocycles. The van der Waals surface area contributed by atoms with Crippen molar-refractivity contribution in [1.29, 1.82) is 0 Å². The number of nitrogens with zero attached hydrogens (tertiary/aromatic N) is 2. The Hall–Kier alpha value is -2.08. The smallest absolute Gasteiger partial charge is 0.262 e. The highest BCUT2D eigenvalue weighted by molar-refractivity contribution is 8.15. The van der Waals surface area contributed by atoms with Crippen LogP contribution in [0.25, 0.3) is 0 Å². The predicted molar refractivity (Wildman–Crippen MR) is 113 cm³/mol. The third-order valence-corrected chi connectivity index (χ3v) is 7.49. The molecule has 4 unspecified atom stereocenters. The second-order valence-electron chi connectivity index (χ2n) is 8.33. The molecule has 2 amide bonds. The quantitative estimate of drug-likeness (QED) is 0.799. The minimum atomic E-state index is -0.404. The molecule has 2 bridgehead atoms. The Morgan fingerprint density at radius 2 is 2.21 bits per heavy atom. The highest BCUT2D eigenvalue weighted by atomic mass is 32.2. The van der Waals surface area contributed by atoms with Gasteiger partial charge in [0.2, 0.25) is 5.91 Å². The van der Waals surface area contributed by atoms with Gasteiger partial charge in [-0.15, -0.1) is 0 Å². The van der Waals surface area contributed by atoms with E-state index in [0.717, 1.165) is 37.1 Å². The van der Waals surface area contributed by atoms with Crippen molar-refractivity contribution in [1.82, 2.24) is 5.32 Å². The number of aliphatic imine (C=N–C) groups is 1. The van der Waals surface area contributed by atoms with Crippen LogP contribution in [0.4, 0.5) is 5.69 Å². The third-order valence-electron chi connectivity index (χ3n) is 6.41. The van der Waals surface area contributed by atoms with Gasteiger partial charge in [-0.2, -0.15) is 4.99 Å². The number of hydrogen-bond donors (Lipinski definition) is 1. The number of para-hydroxylation sites is 1. The van der Waals surface area contributed by atoms with Crippen molar-refractivity contribution in [3.63, 3.8) is 0 Å². The molecule has 1 saturated carbocycles. The van der Waals surface area contributed by atoms with Gasteiger partial charge in [0.25, 0.3) is 5.91 Å². The Kier molecular flexibility index (Phi) is 4.54. The predicted octanol–water partition coefficient (Wildman–Crippen LogP) is 3.22. The summed E-state index contributed by atoms with van der Waals surface area (Å²) in [6.45, 7) is 2.78. The molecular formula is C22H25N3O2S. The van der Waals surface area contributed by atoms with Crippen LogP contribution < -0.4 is 10.2 Å². The van der Waals surface area contributed by atoms with Crippen molar-refractivity contribution in [3.8, 4) is 0 Å². The average Bonchev–Trinajstić information content (AvgIpc) is 3.38. The summed E-state index contributed by atoms with van der Waals surface area (Å²) in [7, 11) is 0. The van der Waals surface area contributed by atoms with Crippen molar-refractivity contribution in [3.05, 3.63) is 41.5 Å². The standard InChI is InChI=1S/C22H25N3O2S/c1-13-4-2-5-15-6-3-9-25(20(13)15)19(26)12-18-21(27)24-22(28-18)23-17-11-14-7-8-16(17)10-14/h2,4-5,7-8,14,16-18H,3,6,9-12H2,1H3,(H,23,24,27). The summed E-state index contributed by atoms with van der Waals surface area (Å²) in [6.07, 6.45) is 9.09. The van der Waals surface area contributed by atoms with Crippen LogP contribution in [-0.4, -0.2) is 34.8 Å². The maximum absolute atomic E-state index is 13.0. The lowest BCUT2D eigenvalue weighted by Crippen LogP contribution is -2.38. The summed E-state index contributed by atoms with van der Waals surface area (Å²) in [6, 6.07) is 6.58. The van der Waals surface area contributed by atoms with E-state index in [-0.39, 0.29) is 18.2 Å². The number of nitrogens with one attached hydrogen (secondary N) is 1. The summed E-state index contributed by atoms with van der Waals surface area (Å²) in [4.78, 5) is 31.6. The van der Waals surface area contributed by atoms with E-state index >= 15 is 0 Å². The van der Waals surface area contributed by atoms with Crippen molar-refractivity contribution < 1.29 is 9.59 Å². The first kappa shape index (κ1) is 18.0. The number of aryl methyl sites for hydroxylation is 2. The normalized spacial score (nSPS) is 30.5. The molecule has 1 fully saturated rings. The van der Waals surface area contributed by atoms with E-state index < -0.39 is 5.25 Å². The zero-order chi connectivity index (χ0) is 19.3. The molecule has 2 aliphatic heterocycles. The van der Waals surface area contributed by atoms with Crippen molar-refractivity contribution in [2.45, 2.75) is 50.3 Å². The molecule has 0 aromatic heterocycles. The fraction of sp³-hybridized carbons (Fsp3) is 0.500. The van der Waals surface area contributed by atoms with Gasteiger partial charge in [0, 0.05) is 24.7 Å². The Morgan fingerprint density at radius 3 is 3.00 bits per heavy atom. The van der Waals surface area contributed by atoms with Crippen molar-refractivity contribution in [2.75, 3.05) is 11.4 Å². The minimum absolute atomic E-state index is 0.0282. The third kappa shape index (κ3) is 3.17. The number of amides is 2. The lowest BCUT2D eigenvalue weighted by molar-refractivity contribution is -0.122. The number of hydrogen-bond acceptors (Lipinski definition) is 4. The summed E-state index contributed by atoms with van der Waals surface area (Å²) >= 11 is 1.43. The summed E-state index contributed by atoms with van der Waals surface area (Å²) < 4.78 is 0. The highest BCUT2D eigenvalue weighted by Gasteiger charge is 2.39. The topological polar surface area (TPSA) is 61.8 Å². The number of rotatable bonds is 3. The number of amidine groups is 1. The van der Waals surface area contributed by atoms with E-state index in [9.17, 15) is 9.59 Å². The first-order chi connectivity index (χ1) is 13.6. The van der Waals surface area contributed by atoms with E-state index in [0.29, 0.717) is 23.0 Å². The number of anilines is 1. The molecule has 5 rings (SSSR count). The van der Waals surface area contributed by atoms with Crippen LogP contribution in [0.5, 0.6) is 0 Å². The number of benzene rings is 1. The lowest BCUT2D eigenvalue weighted by Gasteiger charge is -2.31. The van der Waals surface area contributed by atoms with Gasteiger partial charge in [-0.1, -0.05) is 42.1 Å². The largest absolute Gasteiger partial charge is 0.361 e. The maximum atomic E-state index is 13.0. The average molecular weight is 396 g/mol. The van der Waals surface area contributed by atoms with Gasteiger partial charge in [-0.25, -0.2) is 0 Å². The molecule has 4 aliphatic rings. The number of carbonyl (C=O) groups excluding carboxylic acids is 2. The lowest BCUT2D eigenvalue weighted by atomic mass is 9.98. The highest BCUT2D eigenvalue weighted by Crippen LogP contribution is 2.40. The van der Waals surface area contributed by atoms with Crippen molar-refractivity contribution >= 4 is 34.4 Å². The van der Waals surface area contributed by atoms with E-state index in [1.165, 1.54) is 23.7 Å². The van der Waals surface area contributed by atoms with Gasteiger partial charge in [-0.3, -0.25) is 9.59 Å². The zero-order valence-electron chi connectivity index (χ0n) is 16.1. The van der Waals surface area contributed by atoms with Crippen LogP contribution in [-0.2, 0) is 16.0 Å². The van der Waals surface area contributed by atoms with E-state index in [1.54, 1.807) is 0 Å². The van der Waals surface area contributed by atoms with Crippen LogP contribution in [0.15, 0.2) is 35.3 Å². The second kappa shape index (κ2) is 7.07. The Morgan fingerprint density at radius 1 is 1.32 bits per heavy atom. The van der Waals surface area contributed by atoms with Gasteiger partial charge < -0.3 is 10.2 Å². The first-order valence-electron chi connectivity index (χ1n) is 10.2. The molecule has 5 nitrogen and oxygen atoms in total. The van der Waals surface area contributed by atoms with Gasteiger partial charge >= 0.3 is 0 Å². The molecule has 0 spiro atoms. The molecule has 146 valence electrons. The Balaban J connectivity index is 1.24. The van der Waals surface area contributed by atoms with E-state index in [1.807, 2.05) is 4.90 Å². The van der Waals surface area contributed by atoms with Gasteiger partial charge in [-0.05, 0) is 55.6 Å². The first-order valence-corrected chi connectivity index (χ1v) is 11.1. The molecule has 0 radical (unpaired) electrons. The molecular weight excluding hydrogens is 370 g/mol. The molecule has 0 saturated heterocycles. The van der Waals surface area contributed by atoms with Crippen LogP contribution in [0, 0.1) is 18.8 Å². The molecule has 1 aromatic rings. The zero-order valence-corrected chi connectivity index (χ0v) is 16.9. The van der Waals surface area contributed by atoms with Crippen LogP contribution in [0.1, 0.15) is 36.8 Å². The molecule has 1 N–H and O–H groups in total. The van der Waals surface area contributed by atoms with Crippen LogP contribution in [0.2, 0.25) is 0 Å². The molecule has 1 aromatic carbocycles. The minimum Gasteiger partial charge on any atom is -0.361 e. The summed E-state index contributed by atoms with van der Waals surface area (Å²) in [5.41, 5.74) is 3.40. The summed E-state index contributed by atoms with van der Waals surface area (Å²) in [5.74, 6) is 1.07. The fourth-order valence-electron chi connectivity index (χ4n) is 5.05. The number of fused-ring (bicyclic) bond motifs is 3. The van der Waals surface area contributed by atoms with E-state index in [4.69, 9.17) is 0 Å². The van der Waals surface area contributed by atoms with Crippen LogP contribution in [0.3, 0.4) is 0 Å². The molecule has 4 atom stereocenters. The van der Waals surface area contributed by atoms with Gasteiger partial charge in [0.1, 0.15) is 5.25 Å². The van der Waals surface area contributed by atoms with Gasteiger partial charge in [0.05, 0.1) is 0 Å². The van der Waals surface area contributed by atoms with E-state index in [2.05, 4.69) is 47.6 Å². The number of allylic oxidation sites excluding steroid dienone is 1. The molecule has 28 heavy (non-hydrogen) atoms. The SMILES string of the molecule is Cc1cccc2c1N(C(=O)CC1SC(NC3CC4C=CC3C4)=NC1=O)CCC2. The maximum Gasteiger partial charge on any atom is 0.262 e. The Bertz CT molecular complexity index is 894. The van der Waals surface area contributed by atoms with Gasteiger partial charge in [0.15, 0.2) is 5.17 Å². The van der Waals surface area contributed by atoms with Crippen molar-refractivity contribution in [2.24, 2.45) is 16.8 Å². The molecule has 6 heteroatoms.